The highest BCUT2D eigenvalue weighted by Gasteiger charge is 2.15. The third kappa shape index (κ3) is 3.44. The van der Waals surface area contributed by atoms with Crippen molar-refractivity contribution in [2.45, 2.75) is 0 Å². The molecule has 1 N–H and O–H groups in total. The lowest BCUT2D eigenvalue weighted by Gasteiger charge is -2.12. The van der Waals surface area contributed by atoms with Crippen molar-refractivity contribution in [2.75, 3.05) is 19.5 Å². The van der Waals surface area contributed by atoms with Crippen molar-refractivity contribution in [3.63, 3.8) is 0 Å². The van der Waals surface area contributed by atoms with Gasteiger partial charge in [-0.3, -0.25) is 4.79 Å². The number of amides is 1. The lowest BCUT2D eigenvalue weighted by atomic mass is 10.2. The van der Waals surface area contributed by atoms with Crippen molar-refractivity contribution < 1.29 is 18.7 Å². The average Bonchev–Trinajstić information content (AvgIpc) is 2.49. The van der Waals surface area contributed by atoms with E-state index in [0.29, 0.717) is 17.2 Å². The van der Waals surface area contributed by atoms with Crippen LogP contribution in [0.15, 0.2) is 36.4 Å². The molecular weight excluding hydrogens is 297 g/mol. The van der Waals surface area contributed by atoms with Crippen LogP contribution in [0.25, 0.3) is 0 Å². The van der Waals surface area contributed by atoms with Gasteiger partial charge in [0.15, 0.2) is 0 Å². The normalized spacial score (nSPS) is 10.1. The van der Waals surface area contributed by atoms with Gasteiger partial charge in [0.05, 0.1) is 25.5 Å². The second kappa shape index (κ2) is 6.45. The fraction of sp³-hybridized carbons (Fsp3) is 0.133. The molecule has 110 valence electrons. The monoisotopic (exact) mass is 309 g/mol. The molecule has 0 heterocycles. The van der Waals surface area contributed by atoms with Gasteiger partial charge in [-0.1, -0.05) is 11.6 Å². The summed E-state index contributed by atoms with van der Waals surface area (Å²) in [7, 11) is 2.97. The summed E-state index contributed by atoms with van der Waals surface area (Å²) in [6.45, 7) is 0. The van der Waals surface area contributed by atoms with E-state index < -0.39 is 11.7 Å². The van der Waals surface area contributed by atoms with Crippen LogP contribution in [0.3, 0.4) is 0 Å². The van der Waals surface area contributed by atoms with Crippen molar-refractivity contribution in [3.05, 3.63) is 52.8 Å². The molecule has 2 aromatic carbocycles. The number of hydrogen-bond donors (Lipinski definition) is 1. The van der Waals surface area contributed by atoms with Gasteiger partial charge in [-0.25, -0.2) is 4.39 Å². The Morgan fingerprint density at radius 1 is 1.14 bits per heavy atom. The molecule has 0 atom stereocenters. The van der Waals surface area contributed by atoms with Gasteiger partial charge in [0, 0.05) is 11.1 Å². The summed E-state index contributed by atoms with van der Waals surface area (Å²) < 4.78 is 23.9. The lowest BCUT2D eigenvalue weighted by molar-refractivity contribution is 0.102. The van der Waals surface area contributed by atoms with Gasteiger partial charge in [0.1, 0.15) is 17.3 Å². The van der Waals surface area contributed by atoms with Crippen LogP contribution in [-0.4, -0.2) is 20.1 Å². The van der Waals surface area contributed by atoms with Gasteiger partial charge in [-0.05, 0) is 30.3 Å². The topological polar surface area (TPSA) is 47.6 Å². The number of rotatable bonds is 4. The molecule has 0 aromatic heterocycles. The fourth-order valence-corrected chi connectivity index (χ4v) is 1.95. The van der Waals surface area contributed by atoms with Gasteiger partial charge in [0.25, 0.3) is 5.91 Å². The highest BCUT2D eigenvalue weighted by Crippen LogP contribution is 2.29. The predicted molar refractivity (Wildman–Crippen MR) is 78.9 cm³/mol. The Balaban J connectivity index is 2.32. The smallest absolute Gasteiger partial charge is 0.258 e. The summed E-state index contributed by atoms with van der Waals surface area (Å²) in [4.78, 5) is 12.1. The maximum atomic E-state index is 13.7. The number of anilines is 1. The maximum Gasteiger partial charge on any atom is 0.258 e. The Hall–Kier alpha value is -2.27. The molecule has 0 aliphatic heterocycles. The van der Waals surface area contributed by atoms with Crippen molar-refractivity contribution in [2.24, 2.45) is 0 Å². The van der Waals surface area contributed by atoms with Crippen LogP contribution >= 0.6 is 11.6 Å². The predicted octanol–water partition coefficient (Wildman–Crippen LogP) is 3.75. The second-order valence-electron chi connectivity index (χ2n) is 4.14. The molecule has 0 saturated heterocycles. The first-order valence-corrected chi connectivity index (χ1v) is 6.41. The summed E-state index contributed by atoms with van der Waals surface area (Å²) in [6.07, 6.45) is 0. The van der Waals surface area contributed by atoms with E-state index in [0.717, 1.165) is 6.07 Å². The summed E-state index contributed by atoms with van der Waals surface area (Å²) in [5.41, 5.74) is 0.230. The number of nitrogens with one attached hydrogen (secondary N) is 1. The van der Waals surface area contributed by atoms with Crippen LogP contribution < -0.4 is 14.8 Å². The molecule has 0 radical (unpaired) electrons. The SMILES string of the molecule is COc1ccc(OC)c(NC(=O)c2cc(Cl)ccc2F)c1. The summed E-state index contributed by atoms with van der Waals surface area (Å²) >= 11 is 5.78. The maximum absolute atomic E-state index is 13.7. The van der Waals surface area contributed by atoms with Crippen LogP contribution in [0, 0.1) is 5.82 Å². The Kier molecular flexibility index (Phi) is 4.65. The third-order valence-corrected chi connectivity index (χ3v) is 3.06. The Bertz CT molecular complexity index is 676. The molecule has 0 fully saturated rings. The minimum Gasteiger partial charge on any atom is -0.497 e. The summed E-state index contributed by atoms with van der Waals surface area (Å²) in [6, 6.07) is 8.69. The molecule has 2 aromatic rings. The first kappa shape index (κ1) is 15.1. The molecule has 4 nitrogen and oxygen atoms in total. The molecule has 1 amide bonds. The van der Waals surface area contributed by atoms with Gasteiger partial charge in [-0.2, -0.15) is 0 Å². The molecule has 0 bridgehead atoms. The van der Waals surface area contributed by atoms with E-state index in [1.165, 1.54) is 26.4 Å². The summed E-state index contributed by atoms with van der Waals surface area (Å²) in [5, 5.41) is 2.85. The van der Waals surface area contributed by atoms with Crippen LogP contribution in [0.2, 0.25) is 5.02 Å². The largest absolute Gasteiger partial charge is 0.497 e. The zero-order chi connectivity index (χ0) is 15.4. The Labute approximate surface area is 126 Å². The van der Waals surface area contributed by atoms with Gasteiger partial charge >= 0.3 is 0 Å². The van der Waals surface area contributed by atoms with Crippen LogP contribution in [-0.2, 0) is 0 Å². The zero-order valence-corrected chi connectivity index (χ0v) is 12.2. The number of halogens is 2. The van der Waals surface area contributed by atoms with Gasteiger partial charge in [-0.15, -0.1) is 0 Å². The highest BCUT2D eigenvalue weighted by atomic mass is 35.5. The minimum atomic E-state index is -0.654. The van der Waals surface area contributed by atoms with Crippen molar-refractivity contribution >= 4 is 23.2 Å². The van der Waals surface area contributed by atoms with Gasteiger partial charge < -0.3 is 14.8 Å². The quantitative estimate of drug-likeness (QED) is 0.935. The van der Waals surface area contributed by atoms with E-state index in [2.05, 4.69) is 5.32 Å². The van der Waals surface area contributed by atoms with Crippen molar-refractivity contribution in [1.29, 1.82) is 0 Å². The number of benzene rings is 2. The van der Waals surface area contributed by atoms with E-state index >= 15 is 0 Å². The van der Waals surface area contributed by atoms with Crippen LogP contribution in [0.5, 0.6) is 11.5 Å². The second-order valence-corrected chi connectivity index (χ2v) is 4.58. The fourth-order valence-electron chi connectivity index (χ4n) is 1.77. The zero-order valence-electron chi connectivity index (χ0n) is 11.4. The Morgan fingerprint density at radius 3 is 2.57 bits per heavy atom. The number of ether oxygens (including phenoxy) is 2. The number of methoxy groups -OCH3 is 2. The lowest BCUT2D eigenvalue weighted by Crippen LogP contribution is -2.14. The standard InChI is InChI=1S/C15H13ClFNO3/c1-20-10-4-6-14(21-2)13(8-10)18-15(19)11-7-9(16)3-5-12(11)17/h3-8H,1-2H3,(H,18,19). The number of hydrogen-bond acceptors (Lipinski definition) is 3. The highest BCUT2D eigenvalue weighted by molar-refractivity contribution is 6.31. The van der Waals surface area contributed by atoms with Crippen LogP contribution in [0.1, 0.15) is 10.4 Å². The minimum absolute atomic E-state index is 0.146. The van der Waals surface area contributed by atoms with E-state index in [-0.39, 0.29) is 10.6 Å². The van der Waals surface area contributed by atoms with E-state index in [4.69, 9.17) is 21.1 Å². The van der Waals surface area contributed by atoms with Gasteiger partial charge in [0.2, 0.25) is 0 Å². The molecule has 6 heteroatoms. The first-order valence-electron chi connectivity index (χ1n) is 6.03. The molecule has 0 aliphatic carbocycles. The first-order chi connectivity index (χ1) is 10.0. The van der Waals surface area contributed by atoms with Crippen molar-refractivity contribution in [3.8, 4) is 11.5 Å². The molecular formula is C15H13ClFNO3. The van der Waals surface area contributed by atoms with Crippen molar-refractivity contribution in [1.82, 2.24) is 0 Å². The molecule has 2 rings (SSSR count). The Morgan fingerprint density at radius 2 is 1.90 bits per heavy atom. The molecule has 21 heavy (non-hydrogen) atoms. The molecule has 0 spiro atoms. The average molecular weight is 310 g/mol. The molecule has 0 unspecified atom stereocenters. The van der Waals surface area contributed by atoms with E-state index in [9.17, 15) is 9.18 Å². The summed E-state index contributed by atoms with van der Waals surface area (Å²) in [5.74, 6) is -0.301. The number of carbonyl (C=O) groups excluding carboxylic acids is 1. The third-order valence-electron chi connectivity index (χ3n) is 2.83. The van der Waals surface area contributed by atoms with E-state index in [1.807, 2.05) is 0 Å². The molecule has 0 saturated carbocycles. The molecule has 0 aliphatic rings. The van der Waals surface area contributed by atoms with E-state index in [1.54, 1.807) is 18.2 Å². The number of carbonyl (C=O) groups is 1. The van der Waals surface area contributed by atoms with Crippen LogP contribution in [0.4, 0.5) is 10.1 Å².